The van der Waals surface area contributed by atoms with Gasteiger partial charge in [0.1, 0.15) is 11.5 Å². The van der Waals surface area contributed by atoms with E-state index < -0.39 is 5.97 Å². The molecule has 2 rings (SSSR count). The zero-order valence-corrected chi connectivity index (χ0v) is 11.7. The maximum Gasteiger partial charge on any atom is 0.337 e. The first-order chi connectivity index (χ1) is 10.1. The molecule has 1 aromatic heterocycles. The van der Waals surface area contributed by atoms with Gasteiger partial charge in [0.2, 0.25) is 0 Å². The van der Waals surface area contributed by atoms with Crippen LogP contribution in [0.2, 0.25) is 0 Å². The van der Waals surface area contributed by atoms with Gasteiger partial charge in [0, 0.05) is 11.6 Å². The first kappa shape index (κ1) is 14.6. The highest BCUT2D eigenvalue weighted by Gasteiger charge is 2.07. The number of methoxy groups -OCH3 is 2. The quantitative estimate of drug-likeness (QED) is 0.638. The van der Waals surface area contributed by atoms with E-state index >= 15 is 0 Å². The van der Waals surface area contributed by atoms with Crippen molar-refractivity contribution in [1.29, 1.82) is 0 Å². The molecule has 1 heterocycles. The largest absolute Gasteiger partial charge is 0.466 e. The molecule has 2 aromatic rings. The summed E-state index contributed by atoms with van der Waals surface area (Å²) in [7, 11) is 2.64. The van der Waals surface area contributed by atoms with Gasteiger partial charge in [0.25, 0.3) is 0 Å². The highest BCUT2D eigenvalue weighted by molar-refractivity contribution is 5.90. The van der Waals surface area contributed by atoms with Gasteiger partial charge in [-0.05, 0) is 30.3 Å². The van der Waals surface area contributed by atoms with Crippen LogP contribution in [-0.2, 0) is 14.3 Å². The van der Waals surface area contributed by atoms with Crippen LogP contribution in [0.15, 0.2) is 46.9 Å². The van der Waals surface area contributed by atoms with Crippen molar-refractivity contribution in [2.24, 2.45) is 0 Å². The van der Waals surface area contributed by atoms with Crippen molar-refractivity contribution in [3.05, 3.63) is 53.8 Å². The lowest BCUT2D eigenvalue weighted by atomic mass is 10.1. The maximum atomic E-state index is 11.3. The Morgan fingerprint density at radius 1 is 1.00 bits per heavy atom. The van der Waals surface area contributed by atoms with Gasteiger partial charge in [-0.15, -0.1) is 0 Å². The van der Waals surface area contributed by atoms with Crippen molar-refractivity contribution in [3.8, 4) is 11.3 Å². The van der Waals surface area contributed by atoms with E-state index in [0.29, 0.717) is 17.1 Å². The molecule has 108 valence electrons. The summed E-state index contributed by atoms with van der Waals surface area (Å²) < 4.78 is 14.7. The van der Waals surface area contributed by atoms with E-state index in [1.54, 1.807) is 36.4 Å². The molecular formula is C16H14O5. The van der Waals surface area contributed by atoms with E-state index in [9.17, 15) is 9.59 Å². The van der Waals surface area contributed by atoms with Gasteiger partial charge in [-0.25, -0.2) is 9.59 Å². The van der Waals surface area contributed by atoms with E-state index in [4.69, 9.17) is 4.42 Å². The van der Waals surface area contributed by atoms with Crippen molar-refractivity contribution in [3.63, 3.8) is 0 Å². The zero-order chi connectivity index (χ0) is 15.2. The van der Waals surface area contributed by atoms with Crippen LogP contribution < -0.4 is 0 Å². The molecule has 0 aliphatic carbocycles. The average Bonchev–Trinajstić information content (AvgIpc) is 3.00. The first-order valence-corrected chi connectivity index (χ1v) is 6.18. The van der Waals surface area contributed by atoms with Gasteiger partial charge >= 0.3 is 11.9 Å². The maximum absolute atomic E-state index is 11.3. The second-order valence-corrected chi connectivity index (χ2v) is 4.13. The summed E-state index contributed by atoms with van der Waals surface area (Å²) >= 11 is 0. The molecule has 0 saturated heterocycles. The van der Waals surface area contributed by atoms with Gasteiger partial charge in [-0.3, -0.25) is 0 Å². The van der Waals surface area contributed by atoms with Gasteiger partial charge in [0.15, 0.2) is 0 Å². The fraction of sp³-hybridized carbons (Fsp3) is 0.125. The summed E-state index contributed by atoms with van der Waals surface area (Å²) in [4.78, 5) is 22.3. The predicted molar refractivity (Wildman–Crippen MR) is 76.5 cm³/mol. The van der Waals surface area contributed by atoms with Crippen LogP contribution in [0.25, 0.3) is 17.4 Å². The molecule has 0 fully saturated rings. The molecule has 1 aromatic carbocycles. The third-order valence-corrected chi connectivity index (χ3v) is 2.80. The Hall–Kier alpha value is -2.82. The summed E-state index contributed by atoms with van der Waals surface area (Å²) in [5, 5.41) is 0. The van der Waals surface area contributed by atoms with Crippen LogP contribution in [0, 0.1) is 0 Å². The number of hydrogen-bond donors (Lipinski definition) is 0. The minimum absolute atomic E-state index is 0.386. The van der Waals surface area contributed by atoms with Gasteiger partial charge in [0.05, 0.1) is 19.8 Å². The molecule has 21 heavy (non-hydrogen) atoms. The molecule has 0 saturated carbocycles. The zero-order valence-electron chi connectivity index (χ0n) is 11.7. The van der Waals surface area contributed by atoms with Crippen LogP contribution in [0.3, 0.4) is 0 Å². The number of hydrogen-bond acceptors (Lipinski definition) is 5. The molecule has 5 heteroatoms. The van der Waals surface area contributed by atoms with Gasteiger partial charge in [-0.1, -0.05) is 12.1 Å². The lowest BCUT2D eigenvalue weighted by molar-refractivity contribution is -0.134. The lowest BCUT2D eigenvalue weighted by Gasteiger charge is -2.00. The molecule has 0 bridgehead atoms. The molecule has 0 N–H and O–H groups in total. The van der Waals surface area contributed by atoms with Crippen molar-refractivity contribution in [2.75, 3.05) is 14.2 Å². The van der Waals surface area contributed by atoms with E-state index in [2.05, 4.69) is 9.47 Å². The first-order valence-electron chi connectivity index (χ1n) is 6.18. The van der Waals surface area contributed by atoms with Crippen molar-refractivity contribution in [2.45, 2.75) is 0 Å². The number of ether oxygens (including phenoxy) is 2. The van der Waals surface area contributed by atoms with Crippen LogP contribution in [0.4, 0.5) is 0 Å². The van der Waals surface area contributed by atoms with Crippen molar-refractivity contribution >= 4 is 18.0 Å². The van der Waals surface area contributed by atoms with Crippen LogP contribution in [-0.4, -0.2) is 26.2 Å². The number of rotatable bonds is 4. The minimum atomic E-state index is -0.449. The SMILES string of the molecule is COC(=O)/C=C/c1ccc(-c2ccc(C(=O)OC)cc2)o1. The monoisotopic (exact) mass is 286 g/mol. The Morgan fingerprint density at radius 2 is 1.71 bits per heavy atom. The molecule has 0 spiro atoms. The number of benzene rings is 1. The number of carbonyl (C=O) groups is 2. The molecule has 0 radical (unpaired) electrons. The lowest BCUT2D eigenvalue weighted by Crippen LogP contribution is -2.00. The van der Waals surface area contributed by atoms with E-state index in [-0.39, 0.29) is 5.97 Å². The Balaban J connectivity index is 2.16. The van der Waals surface area contributed by atoms with Crippen LogP contribution in [0.5, 0.6) is 0 Å². The summed E-state index contributed by atoms with van der Waals surface area (Å²) in [6, 6.07) is 10.4. The second kappa shape index (κ2) is 6.56. The van der Waals surface area contributed by atoms with E-state index in [1.807, 2.05) is 0 Å². The molecule has 0 aliphatic heterocycles. The highest BCUT2D eigenvalue weighted by atomic mass is 16.5. The molecule has 0 unspecified atom stereocenters. The normalized spacial score (nSPS) is 10.6. The summed E-state index contributed by atoms with van der Waals surface area (Å²) in [6.07, 6.45) is 2.81. The van der Waals surface area contributed by atoms with Crippen LogP contribution >= 0.6 is 0 Å². The fourth-order valence-corrected chi connectivity index (χ4v) is 1.70. The number of esters is 2. The Labute approximate surface area is 121 Å². The summed E-state index contributed by atoms with van der Waals surface area (Å²) in [6.45, 7) is 0. The second-order valence-electron chi connectivity index (χ2n) is 4.13. The summed E-state index contributed by atoms with van der Waals surface area (Å²) in [5.74, 6) is 0.335. The molecular weight excluding hydrogens is 272 g/mol. The standard InChI is InChI=1S/C16H14O5/c1-19-15(17)10-8-13-7-9-14(21-13)11-3-5-12(6-4-11)16(18)20-2/h3-10H,1-2H3/b10-8+. The molecule has 5 nitrogen and oxygen atoms in total. The fourth-order valence-electron chi connectivity index (χ4n) is 1.70. The Morgan fingerprint density at radius 3 is 2.33 bits per heavy atom. The van der Waals surface area contributed by atoms with Crippen molar-refractivity contribution in [1.82, 2.24) is 0 Å². The third-order valence-electron chi connectivity index (χ3n) is 2.80. The minimum Gasteiger partial charge on any atom is -0.466 e. The number of carbonyl (C=O) groups excluding carboxylic acids is 2. The summed E-state index contributed by atoms with van der Waals surface area (Å²) in [5.41, 5.74) is 1.29. The van der Waals surface area contributed by atoms with Crippen molar-refractivity contribution < 1.29 is 23.5 Å². The Kier molecular flexibility index (Phi) is 4.56. The van der Waals surface area contributed by atoms with Gasteiger partial charge < -0.3 is 13.9 Å². The predicted octanol–water partition coefficient (Wildman–Crippen LogP) is 2.92. The smallest absolute Gasteiger partial charge is 0.337 e. The number of furan rings is 1. The Bertz CT molecular complexity index is 664. The average molecular weight is 286 g/mol. The van der Waals surface area contributed by atoms with Crippen LogP contribution in [0.1, 0.15) is 16.1 Å². The van der Waals surface area contributed by atoms with E-state index in [0.717, 1.165) is 5.56 Å². The molecule has 0 atom stereocenters. The highest BCUT2D eigenvalue weighted by Crippen LogP contribution is 2.23. The molecule has 0 aliphatic rings. The van der Waals surface area contributed by atoms with E-state index in [1.165, 1.54) is 26.4 Å². The third kappa shape index (κ3) is 3.60. The molecule has 0 amide bonds. The van der Waals surface area contributed by atoms with Gasteiger partial charge in [-0.2, -0.15) is 0 Å². The topological polar surface area (TPSA) is 65.7 Å².